The standard InChI is InChI=1S/C10H13FIN/c1-8-2-3-10(11)6-9(8)7-13-5-4-12/h2-3,6,13H,4-5,7H2,1H3. The van der Waals surface area contributed by atoms with Crippen molar-refractivity contribution in [2.24, 2.45) is 0 Å². The Morgan fingerprint density at radius 2 is 2.23 bits per heavy atom. The van der Waals surface area contributed by atoms with Crippen LogP contribution >= 0.6 is 22.6 Å². The molecule has 0 atom stereocenters. The summed E-state index contributed by atoms with van der Waals surface area (Å²) in [6.45, 7) is 3.73. The van der Waals surface area contributed by atoms with E-state index in [-0.39, 0.29) is 5.82 Å². The first-order valence-electron chi connectivity index (χ1n) is 4.25. The van der Waals surface area contributed by atoms with Gasteiger partial charge in [-0.05, 0) is 30.2 Å². The quantitative estimate of drug-likeness (QED) is 0.511. The van der Waals surface area contributed by atoms with Gasteiger partial charge >= 0.3 is 0 Å². The van der Waals surface area contributed by atoms with Crippen LogP contribution in [-0.2, 0) is 6.54 Å². The van der Waals surface area contributed by atoms with Gasteiger partial charge in [-0.2, -0.15) is 0 Å². The summed E-state index contributed by atoms with van der Waals surface area (Å²) in [7, 11) is 0. The summed E-state index contributed by atoms with van der Waals surface area (Å²) >= 11 is 2.31. The Hall–Kier alpha value is -0.160. The first kappa shape index (κ1) is 10.9. The fraction of sp³-hybridized carbons (Fsp3) is 0.400. The average Bonchev–Trinajstić information content (AvgIpc) is 2.11. The van der Waals surface area contributed by atoms with Gasteiger partial charge < -0.3 is 5.32 Å². The van der Waals surface area contributed by atoms with Crippen molar-refractivity contribution in [1.29, 1.82) is 0 Å². The van der Waals surface area contributed by atoms with E-state index >= 15 is 0 Å². The number of hydrogen-bond donors (Lipinski definition) is 1. The summed E-state index contributed by atoms with van der Waals surface area (Å²) in [5.41, 5.74) is 2.19. The number of aryl methyl sites for hydroxylation is 1. The van der Waals surface area contributed by atoms with Crippen LogP contribution in [0.2, 0.25) is 0 Å². The van der Waals surface area contributed by atoms with E-state index in [0.29, 0.717) is 0 Å². The molecule has 1 rings (SSSR count). The third-order valence-corrected chi connectivity index (χ3v) is 2.44. The maximum atomic E-state index is 12.8. The second kappa shape index (κ2) is 5.54. The van der Waals surface area contributed by atoms with Crippen molar-refractivity contribution in [2.45, 2.75) is 13.5 Å². The Balaban J connectivity index is 2.59. The van der Waals surface area contributed by atoms with E-state index in [1.54, 1.807) is 6.07 Å². The van der Waals surface area contributed by atoms with Crippen LogP contribution in [0, 0.1) is 12.7 Å². The molecule has 72 valence electrons. The number of nitrogens with one attached hydrogen (secondary N) is 1. The van der Waals surface area contributed by atoms with Crippen LogP contribution < -0.4 is 5.32 Å². The zero-order chi connectivity index (χ0) is 9.68. The molecule has 1 aromatic carbocycles. The van der Waals surface area contributed by atoms with Crippen molar-refractivity contribution in [3.8, 4) is 0 Å². The van der Waals surface area contributed by atoms with E-state index in [2.05, 4.69) is 27.9 Å². The van der Waals surface area contributed by atoms with E-state index in [9.17, 15) is 4.39 Å². The van der Waals surface area contributed by atoms with Crippen molar-refractivity contribution in [3.05, 3.63) is 35.1 Å². The lowest BCUT2D eigenvalue weighted by Crippen LogP contribution is -2.16. The van der Waals surface area contributed by atoms with Crippen molar-refractivity contribution in [2.75, 3.05) is 11.0 Å². The minimum absolute atomic E-state index is 0.156. The molecular weight excluding hydrogens is 280 g/mol. The largest absolute Gasteiger partial charge is 0.312 e. The number of rotatable bonds is 4. The van der Waals surface area contributed by atoms with Crippen molar-refractivity contribution in [3.63, 3.8) is 0 Å². The Morgan fingerprint density at radius 3 is 2.92 bits per heavy atom. The SMILES string of the molecule is Cc1ccc(F)cc1CNCCI. The van der Waals surface area contributed by atoms with E-state index in [1.165, 1.54) is 6.07 Å². The molecule has 0 aliphatic heterocycles. The van der Waals surface area contributed by atoms with E-state index in [0.717, 1.165) is 28.6 Å². The molecule has 0 aliphatic rings. The Bertz CT molecular complexity index is 276. The van der Waals surface area contributed by atoms with Crippen molar-refractivity contribution >= 4 is 22.6 Å². The molecule has 1 nitrogen and oxygen atoms in total. The van der Waals surface area contributed by atoms with Gasteiger partial charge in [-0.15, -0.1) is 0 Å². The van der Waals surface area contributed by atoms with Gasteiger partial charge in [-0.3, -0.25) is 0 Å². The molecule has 0 unspecified atom stereocenters. The topological polar surface area (TPSA) is 12.0 Å². The maximum absolute atomic E-state index is 12.8. The number of halogens is 2. The third kappa shape index (κ3) is 3.60. The number of alkyl halides is 1. The fourth-order valence-electron chi connectivity index (χ4n) is 1.12. The molecular formula is C10H13FIN. The highest BCUT2D eigenvalue weighted by molar-refractivity contribution is 14.1. The molecule has 0 amide bonds. The van der Waals surface area contributed by atoms with Crippen LogP contribution in [0.4, 0.5) is 4.39 Å². The zero-order valence-corrected chi connectivity index (χ0v) is 9.77. The predicted molar refractivity (Wildman–Crippen MR) is 61.7 cm³/mol. The van der Waals surface area contributed by atoms with Crippen molar-refractivity contribution in [1.82, 2.24) is 5.32 Å². The van der Waals surface area contributed by atoms with Gasteiger partial charge in [0.25, 0.3) is 0 Å². The Morgan fingerprint density at radius 1 is 1.46 bits per heavy atom. The highest BCUT2D eigenvalue weighted by atomic mass is 127. The first-order chi connectivity index (χ1) is 6.24. The Labute approximate surface area is 91.9 Å². The summed E-state index contributed by atoms with van der Waals surface area (Å²) in [6, 6.07) is 4.91. The van der Waals surface area contributed by atoms with Crippen LogP contribution in [0.1, 0.15) is 11.1 Å². The molecule has 1 aromatic rings. The molecule has 0 saturated carbocycles. The highest BCUT2D eigenvalue weighted by Crippen LogP contribution is 2.09. The van der Waals surface area contributed by atoms with Crippen LogP contribution in [-0.4, -0.2) is 11.0 Å². The predicted octanol–water partition coefficient (Wildman–Crippen LogP) is 2.66. The van der Waals surface area contributed by atoms with E-state index in [1.807, 2.05) is 13.0 Å². The fourth-order valence-corrected chi connectivity index (χ4v) is 1.50. The van der Waals surface area contributed by atoms with Crippen LogP contribution in [0.15, 0.2) is 18.2 Å². The van der Waals surface area contributed by atoms with Crippen molar-refractivity contribution < 1.29 is 4.39 Å². The molecule has 0 spiro atoms. The van der Waals surface area contributed by atoms with Crippen LogP contribution in [0.5, 0.6) is 0 Å². The molecule has 0 radical (unpaired) electrons. The summed E-state index contributed by atoms with van der Waals surface area (Å²) in [4.78, 5) is 0. The zero-order valence-electron chi connectivity index (χ0n) is 7.61. The van der Waals surface area contributed by atoms with Gasteiger partial charge in [-0.1, -0.05) is 28.7 Å². The lowest BCUT2D eigenvalue weighted by Gasteiger charge is -2.06. The van der Waals surface area contributed by atoms with Gasteiger partial charge in [0.15, 0.2) is 0 Å². The summed E-state index contributed by atoms with van der Waals surface area (Å²) < 4.78 is 13.9. The number of hydrogen-bond acceptors (Lipinski definition) is 1. The van der Waals surface area contributed by atoms with Gasteiger partial charge in [0.1, 0.15) is 5.82 Å². The molecule has 3 heteroatoms. The molecule has 0 bridgehead atoms. The average molecular weight is 293 g/mol. The first-order valence-corrected chi connectivity index (χ1v) is 5.78. The highest BCUT2D eigenvalue weighted by Gasteiger charge is 1.98. The molecule has 0 saturated heterocycles. The molecule has 0 aliphatic carbocycles. The molecule has 0 fully saturated rings. The molecule has 0 heterocycles. The third-order valence-electron chi connectivity index (χ3n) is 1.90. The molecule has 13 heavy (non-hydrogen) atoms. The van der Waals surface area contributed by atoms with Gasteiger partial charge in [-0.25, -0.2) is 4.39 Å². The van der Waals surface area contributed by atoms with Crippen LogP contribution in [0.25, 0.3) is 0 Å². The van der Waals surface area contributed by atoms with Gasteiger partial charge in [0, 0.05) is 17.5 Å². The minimum Gasteiger partial charge on any atom is -0.312 e. The lowest BCUT2D eigenvalue weighted by molar-refractivity contribution is 0.621. The summed E-state index contributed by atoms with van der Waals surface area (Å²) in [5.74, 6) is -0.156. The normalized spacial score (nSPS) is 10.4. The Kier molecular flexibility index (Phi) is 4.66. The smallest absolute Gasteiger partial charge is 0.123 e. The monoisotopic (exact) mass is 293 g/mol. The van der Waals surface area contributed by atoms with Gasteiger partial charge in [0.2, 0.25) is 0 Å². The van der Waals surface area contributed by atoms with Gasteiger partial charge in [0.05, 0.1) is 0 Å². The second-order valence-corrected chi connectivity index (χ2v) is 4.02. The van der Waals surface area contributed by atoms with E-state index in [4.69, 9.17) is 0 Å². The number of benzene rings is 1. The molecule has 0 aromatic heterocycles. The molecule has 1 N–H and O–H groups in total. The minimum atomic E-state index is -0.156. The van der Waals surface area contributed by atoms with E-state index < -0.39 is 0 Å². The maximum Gasteiger partial charge on any atom is 0.123 e. The summed E-state index contributed by atoms with van der Waals surface area (Å²) in [5, 5.41) is 3.25. The summed E-state index contributed by atoms with van der Waals surface area (Å²) in [6.07, 6.45) is 0. The van der Waals surface area contributed by atoms with Crippen LogP contribution in [0.3, 0.4) is 0 Å². The lowest BCUT2D eigenvalue weighted by atomic mass is 10.1. The second-order valence-electron chi connectivity index (χ2n) is 2.94.